The standard InChI is InChI=1S/C21H21ClN2O3/c1-14(25)18(21(27)23-17-10-8-16(22)9-11-17)13-20(26)24-12-4-6-15-5-2-3-7-19(15)24/h2-3,5,7-11,18H,4,6,12-13H2,1H3,(H,23,27)/t18-/m0/s1. The van der Waals surface area contributed by atoms with Gasteiger partial charge in [-0.25, -0.2) is 0 Å². The summed E-state index contributed by atoms with van der Waals surface area (Å²) in [7, 11) is 0. The minimum atomic E-state index is -1.03. The van der Waals surface area contributed by atoms with Gasteiger partial charge in [0.1, 0.15) is 11.7 Å². The van der Waals surface area contributed by atoms with Gasteiger partial charge >= 0.3 is 0 Å². The third-order valence-corrected chi connectivity index (χ3v) is 4.96. The summed E-state index contributed by atoms with van der Waals surface area (Å²) in [6.07, 6.45) is 1.64. The third-order valence-electron chi connectivity index (χ3n) is 4.71. The largest absolute Gasteiger partial charge is 0.325 e. The van der Waals surface area contributed by atoms with Gasteiger partial charge in [-0.1, -0.05) is 29.8 Å². The molecule has 3 rings (SSSR count). The van der Waals surface area contributed by atoms with Crippen LogP contribution in [0.2, 0.25) is 5.02 Å². The fraction of sp³-hybridized carbons (Fsp3) is 0.286. The Morgan fingerprint density at radius 3 is 2.52 bits per heavy atom. The monoisotopic (exact) mass is 384 g/mol. The molecular formula is C21H21ClN2O3. The third kappa shape index (κ3) is 4.55. The number of ketones is 1. The van der Waals surface area contributed by atoms with Crippen molar-refractivity contribution in [3.8, 4) is 0 Å². The SMILES string of the molecule is CC(=O)[C@H](CC(=O)N1CCCc2ccccc21)C(=O)Nc1ccc(Cl)cc1. The van der Waals surface area contributed by atoms with Crippen LogP contribution < -0.4 is 10.2 Å². The van der Waals surface area contributed by atoms with E-state index < -0.39 is 11.8 Å². The van der Waals surface area contributed by atoms with Gasteiger partial charge in [0.15, 0.2) is 0 Å². The van der Waals surface area contributed by atoms with E-state index >= 15 is 0 Å². The summed E-state index contributed by atoms with van der Waals surface area (Å²) in [6.45, 7) is 1.93. The van der Waals surface area contributed by atoms with E-state index in [4.69, 9.17) is 11.6 Å². The van der Waals surface area contributed by atoms with Crippen LogP contribution in [0, 0.1) is 5.92 Å². The van der Waals surface area contributed by atoms with Crippen LogP contribution >= 0.6 is 11.6 Å². The molecule has 1 heterocycles. The summed E-state index contributed by atoms with van der Waals surface area (Å²) in [5.74, 6) is -2.06. The van der Waals surface area contributed by atoms with Gasteiger partial charge in [-0.2, -0.15) is 0 Å². The van der Waals surface area contributed by atoms with Gasteiger partial charge in [0.25, 0.3) is 0 Å². The zero-order valence-electron chi connectivity index (χ0n) is 15.1. The van der Waals surface area contributed by atoms with E-state index in [9.17, 15) is 14.4 Å². The number of anilines is 2. The molecule has 0 unspecified atom stereocenters. The van der Waals surface area contributed by atoms with E-state index in [1.807, 2.05) is 24.3 Å². The van der Waals surface area contributed by atoms with E-state index in [1.165, 1.54) is 6.92 Å². The Morgan fingerprint density at radius 1 is 1.11 bits per heavy atom. The van der Waals surface area contributed by atoms with Gasteiger partial charge in [-0.05, 0) is 55.7 Å². The Hall–Kier alpha value is -2.66. The fourth-order valence-electron chi connectivity index (χ4n) is 3.26. The molecule has 0 aliphatic carbocycles. The minimum Gasteiger partial charge on any atom is -0.325 e. The maximum Gasteiger partial charge on any atom is 0.235 e. The number of hydrogen-bond donors (Lipinski definition) is 1. The van der Waals surface area contributed by atoms with Crippen LogP contribution in [-0.2, 0) is 20.8 Å². The predicted molar refractivity (Wildman–Crippen MR) is 106 cm³/mol. The second-order valence-corrected chi connectivity index (χ2v) is 7.08. The molecule has 2 aromatic carbocycles. The number of carbonyl (C=O) groups is 3. The van der Waals surface area contributed by atoms with Gasteiger partial charge in [0.2, 0.25) is 11.8 Å². The Bertz CT molecular complexity index is 864. The number of fused-ring (bicyclic) bond motifs is 1. The quantitative estimate of drug-likeness (QED) is 0.796. The zero-order chi connectivity index (χ0) is 19.4. The number of para-hydroxylation sites is 1. The fourth-order valence-corrected chi connectivity index (χ4v) is 3.39. The van der Waals surface area contributed by atoms with Crippen molar-refractivity contribution >= 4 is 40.6 Å². The predicted octanol–water partition coefficient (Wildman–Crippen LogP) is 3.85. The lowest BCUT2D eigenvalue weighted by atomic mass is 9.96. The van der Waals surface area contributed by atoms with Crippen molar-refractivity contribution in [2.75, 3.05) is 16.8 Å². The Kier molecular flexibility index (Phi) is 5.91. The van der Waals surface area contributed by atoms with Crippen molar-refractivity contribution in [2.24, 2.45) is 5.92 Å². The van der Waals surface area contributed by atoms with E-state index in [0.29, 0.717) is 17.3 Å². The molecule has 1 aliphatic rings. The van der Waals surface area contributed by atoms with Crippen LogP contribution in [-0.4, -0.2) is 24.1 Å². The van der Waals surface area contributed by atoms with Crippen LogP contribution in [0.25, 0.3) is 0 Å². The topological polar surface area (TPSA) is 66.5 Å². The highest BCUT2D eigenvalue weighted by atomic mass is 35.5. The van der Waals surface area contributed by atoms with Gasteiger partial charge in [0.05, 0.1) is 0 Å². The van der Waals surface area contributed by atoms with Crippen LogP contribution in [0.1, 0.15) is 25.3 Å². The average molecular weight is 385 g/mol. The number of nitrogens with one attached hydrogen (secondary N) is 1. The first-order valence-electron chi connectivity index (χ1n) is 8.91. The first-order chi connectivity index (χ1) is 13.0. The number of halogens is 1. The summed E-state index contributed by atoms with van der Waals surface area (Å²) in [6, 6.07) is 14.4. The van der Waals surface area contributed by atoms with Crippen molar-refractivity contribution in [1.29, 1.82) is 0 Å². The Balaban J connectivity index is 1.73. The van der Waals surface area contributed by atoms with Crippen molar-refractivity contribution < 1.29 is 14.4 Å². The molecule has 5 nitrogen and oxygen atoms in total. The van der Waals surface area contributed by atoms with Crippen LogP contribution in [0.15, 0.2) is 48.5 Å². The number of nitrogens with zero attached hydrogens (tertiary/aromatic N) is 1. The molecule has 0 bridgehead atoms. The molecule has 0 radical (unpaired) electrons. The Morgan fingerprint density at radius 2 is 1.81 bits per heavy atom. The summed E-state index contributed by atoms with van der Waals surface area (Å²) in [5.41, 5.74) is 2.52. The summed E-state index contributed by atoms with van der Waals surface area (Å²) >= 11 is 5.84. The lowest BCUT2D eigenvalue weighted by Crippen LogP contribution is -2.39. The second kappa shape index (κ2) is 8.35. The molecule has 0 spiro atoms. The Labute approximate surface area is 163 Å². The molecule has 1 atom stereocenters. The lowest BCUT2D eigenvalue weighted by Gasteiger charge is -2.30. The maximum absolute atomic E-state index is 12.9. The zero-order valence-corrected chi connectivity index (χ0v) is 15.8. The molecule has 1 N–H and O–H groups in total. The van der Waals surface area contributed by atoms with Gasteiger partial charge in [0, 0.05) is 29.4 Å². The molecule has 140 valence electrons. The summed E-state index contributed by atoms with van der Waals surface area (Å²) in [4.78, 5) is 39.1. The molecule has 27 heavy (non-hydrogen) atoms. The van der Waals surface area contributed by atoms with Crippen LogP contribution in [0.3, 0.4) is 0 Å². The number of rotatable bonds is 5. The molecule has 0 fully saturated rings. The molecule has 2 aromatic rings. The number of aryl methyl sites for hydroxylation is 1. The normalized spacial score (nSPS) is 14.2. The average Bonchev–Trinajstić information content (AvgIpc) is 2.67. The summed E-state index contributed by atoms with van der Waals surface area (Å²) < 4.78 is 0. The molecule has 1 aliphatic heterocycles. The smallest absolute Gasteiger partial charge is 0.235 e. The van der Waals surface area contributed by atoms with Gasteiger partial charge in [-0.3, -0.25) is 14.4 Å². The van der Waals surface area contributed by atoms with Crippen LogP contribution in [0.5, 0.6) is 0 Å². The van der Waals surface area contributed by atoms with Crippen molar-refractivity contribution in [2.45, 2.75) is 26.2 Å². The van der Waals surface area contributed by atoms with Crippen LogP contribution in [0.4, 0.5) is 11.4 Å². The lowest BCUT2D eigenvalue weighted by molar-refractivity contribution is -0.134. The van der Waals surface area contributed by atoms with Crippen molar-refractivity contribution in [1.82, 2.24) is 0 Å². The second-order valence-electron chi connectivity index (χ2n) is 6.64. The van der Waals surface area contributed by atoms with Crippen molar-refractivity contribution in [3.05, 3.63) is 59.1 Å². The molecule has 2 amide bonds. The molecular weight excluding hydrogens is 364 g/mol. The van der Waals surface area contributed by atoms with E-state index in [0.717, 1.165) is 24.1 Å². The number of amides is 2. The molecule has 0 saturated heterocycles. The highest BCUT2D eigenvalue weighted by Crippen LogP contribution is 2.28. The van der Waals surface area contributed by atoms with E-state index in [1.54, 1.807) is 29.2 Å². The van der Waals surface area contributed by atoms with E-state index in [-0.39, 0.29) is 18.1 Å². The molecule has 6 heteroatoms. The number of carbonyl (C=O) groups excluding carboxylic acids is 3. The van der Waals surface area contributed by atoms with E-state index in [2.05, 4.69) is 5.32 Å². The molecule has 0 aromatic heterocycles. The van der Waals surface area contributed by atoms with Gasteiger partial charge < -0.3 is 10.2 Å². The number of benzene rings is 2. The summed E-state index contributed by atoms with van der Waals surface area (Å²) in [5, 5.41) is 3.24. The van der Waals surface area contributed by atoms with Crippen molar-refractivity contribution in [3.63, 3.8) is 0 Å². The maximum atomic E-state index is 12.9. The first-order valence-corrected chi connectivity index (χ1v) is 9.28. The number of Topliss-reactive ketones (excluding diaryl/α,β-unsaturated/α-hetero) is 1. The minimum absolute atomic E-state index is 0.150. The first kappa shape index (κ1) is 19.1. The number of hydrogen-bond acceptors (Lipinski definition) is 3. The highest BCUT2D eigenvalue weighted by Gasteiger charge is 2.30. The molecule has 0 saturated carbocycles. The van der Waals surface area contributed by atoms with Gasteiger partial charge in [-0.15, -0.1) is 0 Å². The highest BCUT2D eigenvalue weighted by molar-refractivity contribution is 6.30.